The largest absolute Gasteiger partial charge is 0.512 e. The Labute approximate surface area is 194 Å². The van der Waals surface area contributed by atoms with Crippen LogP contribution in [-0.2, 0) is 14.1 Å². The summed E-state index contributed by atoms with van der Waals surface area (Å²) in [5.41, 5.74) is 0.235. The van der Waals surface area contributed by atoms with Gasteiger partial charge in [-0.25, -0.2) is 0 Å². The molecule has 0 saturated carbocycles. The molecule has 3 rings (SSSR count). The number of fused-ring (bicyclic) bond motifs is 1. The van der Waals surface area contributed by atoms with Gasteiger partial charge in [0, 0.05) is 57.2 Å². The summed E-state index contributed by atoms with van der Waals surface area (Å²) < 4.78 is 13.4. The van der Waals surface area contributed by atoms with Crippen molar-refractivity contribution < 1.29 is 23.3 Å². The number of halogens is 2. The van der Waals surface area contributed by atoms with E-state index < -0.39 is 12.6 Å². The predicted octanol–water partition coefficient (Wildman–Crippen LogP) is 3.02. The van der Waals surface area contributed by atoms with Gasteiger partial charge in [0.15, 0.2) is 0 Å². The number of amides is 2. The summed E-state index contributed by atoms with van der Waals surface area (Å²) in [5, 5.41) is 6.43. The third-order valence-corrected chi connectivity index (χ3v) is 6.94. The molecule has 2 aliphatic rings. The van der Waals surface area contributed by atoms with E-state index in [1.54, 1.807) is 12.1 Å². The first-order valence-electron chi connectivity index (χ1n) is 11.0. The lowest BCUT2D eigenvalue weighted by Gasteiger charge is -2.64. The second kappa shape index (κ2) is 10.1. The number of rotatable bonds is 7. The lowest BCUT2D eigenvalue weighted by Crippen LogP contribution is -2.82. The van der Waals surface area contributed by atoms with Crippen LogP contribution in [0.15, 0.2) is 18.2 Å². The molecule has 0 bridgehead atoms. The van der Waals surface area contributed by atoms with Gasteiger partial charge in [0.2, 0.25) is 5.91 Å². The van der Waals surface area contributed by atoms with E-state index >= 15 is 0 Å². The molecule has 2 N–H and O–H groups in total. The first-order chi connectivity index (χ1) is 14.7. The third-order valence-electron chi connectivity index (χ3n) is 6.37. The molecule has 7 nitrogen and oxygen atoms in total. The maximum absolute atomic E-state index is 12.8. The smallest absolute Gasteiger partial charge is 0.493 e. The Hall–Kier alpha value is -1.32. The molecule has 0 aromatic heterocycles. The van der Waals surface area contributed by atoms with Crippen molar-refractivity contribution in [3.8, 4) is 0 Å². The number of hydrogen-bond acceptors (Lipinski definition) is 4. The number of nitrogens with one attached hydrogen (secondary N) is 2. The summed E-state index contributed by atoms with van der Waals surface area (Å²) in [6.45, 7) is 5.50. The van der Waals surface area contributed by atoms with Crippen LogP contribution in [0, 0.1) is 5.92 Å². The van der Waals surface area contributed by atoms with Crippen LogP contribution in [-0.4, -0.2) is 68.7 Å². The monoisotopic (exact) mass is 471 g/mol. The Morgan fingerprint density at radius 3 is 2.42 bits per heavy atom. The number of benzene rings is 1. The van der Waals surface area contributed by atoms with Crippen molar-refractivity contribution in [1.29, 1.82) is 0 Å². The Bertz CT molecular complexity index is 812. The standard InChI is InChI=1S/C21H32BCl2N3O4/c1-15(2)12-19(22-27(3,8-4-10-30-22)9-5-11-31-22)26-20(28)14-25-21(29)17-13-16(23)6-7-18(17)24/h6-7,13,15,19H,4-5,8-12,14H2,1-3H3,(H,25,29)(H,26,28)/t19-,22?,27?/m0/s1. The summed E-state index contributed by atoms with van der Waals surface area (Å²) in [7, 11) is 2.17. The van der Waals surface area contributed by atoms with E-state index in [9.17, 15) is 9.59 Å². The summed E-state index contributed by atoms with van der Waals surface area (Å²) in [6, 6.07) is 4.64. The third kappa shape index (κ3) is 5.37. The van der Waals surface area contributed by atoms with Gasteiger partial charge in [-0.1, -0.05) is 43.5 Å². The van der Waals surface area contributed by atoms with Gasteiger partial charge in [-0.2, -0.15) is 0 Å². The van der Waals surface area contributed by atoms with E-state index in [-0.39, 0.29) is 29.0 Å². The first-order valence-corrected chi connectivity index (χ1v) is 11.7. The van der Waals surface area contributed by atoms with Crippen LogP contribution in [0.3, 0.4) is 0 Å². The highest BCUT2D eigenvalue weighted by molar-refractivity contribution is 6.62. The average molecular weight is 472 g/mol. The Balaban J connectivity index is 1.71. The molecule has 2 heterocycles. The van der Waals surface area contributed by atoms with Crippen LogP contribution < -0.4 is 10.6 Å². The van der Waals surface area contributed by atoms with Crippen molar-refractivity contribution in [3.05, 3.63) is 33.8 Å². The molecular formula is C21H32BCl2N3O4. The van der Waals surface area contributed by atoms with Crippen LogP contribution >= 0.6 is 23.2 Å². The van der Waals surface area contributed by atoms with E-state index in [0.717, 1.165) is 32.4 Å². The van der Waals surface area contributed by atoms with E-state index in [1.807, 2.05) is 0 Å². The van der Waals surface area contributed by atoms with Gasteiger partial charge in [-0.05, 0) is 24.1 Å². The van der Waals surface area contributed by atoms with Crippen molar-refractivity contribution >= 4 is 41.7 Å². The maximum Gasteiger partial charge on any atom is 0.493 e. The Kier molecular flexibility index (Phi) is 7.92. The zero-order valence-corrected chi connectivity index (χ0v) is 20.0. The number of carbonyl (C=O) groups excluding carboxylic acids is 2. The fraction of sp³-hybridized carbons (Fsp3) is 0.619. The molecular weight excluding hydrogens is 440 g/mol. The summed E-state index contributed by atoms with van der Waals surface area (Å²) in [5.74, 6) is -0.672. The topological polar surface area (TPSA) is 76.7 Å². The van der Waals surface area contributed by atoms with E-state index in [1.165, 1.54) is 6.07 Å². The molecule has 2 aliphatic heterocycles. The van der Waals surface area contributed by atoms with E-state index in [2.05, 4.69) is 31.5 Å². The van der Waals surface area contributed by atoms with Gasteiger partial charge < -0.3 is 24.3 Å². The number of nitrogens with zero attached hydrogens (tertiary/aromatic N) is 1. The second-order valence-electron chi connectivity index (χ2n) is 9.21. The molecule has 0 unspecified atom stereocenters. The molecule has 10 heteroatoms. The molecule has 1 atom stereocenters. The first kappa shape index (κ1) is 24.3. The lowest BCUT2D eigenvalue weighted by atomic mass is 9.54. The molecule has 0 spiro atoms. The zero-order valence-electron chi connectivity index (χ0n) is 18.5. The maximum atomic E-state index is 12.8. The average Bonchev–Trinajstić information content (AvgIpc) is 2.72. The number of carbonyl (C=O) groups is 2. The SMILES string of the molecule is CC(C)C[C@H](NC(=O)CNC(=O)c1cc(Cl)ccc1Cl)[B-]12OCCC[N+]1(C)CCCO2. The second-order valence-corrected chi connectivity index (χ2v) is 10.1. The van der Waals surface area contributed by atoms with Gasteiger partial charge >= 0.3 is 6.69 Å². The van der Waals surface area contributed by atoms with Crippen molar-refractivity contribution in [1.82, 2.24) is 10.6 Å². The molecule has 1 aromatic carbocycles. The van der Waals surface area contributed by atoms with Crippen molar-refractivity contribution in [3.63, 3.8) is 0 Å². The Morgan fingerprint density at radius 2 is 1.81 bits per heavy atom. The minimum atomic E-state index is -1.74. The van der Waals surface area contributed by atoms with E-state index in [0.29, 0.717) is 28.5 Å². The lowest BCUT2D eigenvalue weighted by molar-refractivity contribution is -0.842. The highest BCUT2D eigenvalue weighted by atomic mass is 35.5. The van der Waals surface area contributed by atoms with Crippen LogP contribution in [0.2, 0.25) is 10.0 Å². The summed E-state index contributed by atoms with van der Waals surface area (Å²) >= 11 is 12.0. The molecule has 1 aromatic rings. The van der Waals surface area contributed by atoms with Crippen molar-refractivity contribution in [2.24, 2.45) is 5.92 Å². The molecule has 2 amide bonds. The molecule has 0 radical (unpaired) electrons. The molecule has 172 valence electrons. The van der Waals surface area contributed by atoms with Crippen LogP contribution in [0.1, 0.15) is 43.5 Å². The number of hydrogen-bond donors (Lipinski definition) is 2. The van der Waals surface area contributed by atoms with Gasteiger partial charge in [0.05, 0.1) is 17.1 Å². The van der Waals surface area contributed by atoms with Gasteiger partial charge in [-0.15, -0.1) is 0 Å². The summed E-state index contributed by atoms with van der Waals surface area (Å²) in [4.78, 5) is 25.3. The zero-order chi connectivity index (χ0) is 22.6. The number of quaternary nitrogens is 1. The van der Waals surface area contributed by atoms with Crippen molar-refractivity contribution in [2.75, 3.05) is 39.9 Å². The normalized spacial score (nSPS) is 26.8. The van der Waals surface area contributed by atoms with E-state index in [4.69, 9.17) is 32.5 Å². The van der Waals surface area contributed by atoms with Crippen molar-refractivity contribution in [2.45, 2.75) is 39.1 Å². The fourth-order valence-electron chi connectivity index (χ4n) is 4.93. The molecule has 2 fully saturated rings. The van der Waals surface area contributed by atoms with Crippen LogP contribution in [0.4, 0.5) is 0 Å². The molecule has 31 heavy (non-hydrogen) atoms. The highest BCUT2D eigenvalue weighted by Crippen LogP contribution is 2.35. The highest BCUT2D eigenvalue weighted by Gasteiger charge is 2.57. The minimum Gasteiger partial charge on any atom is -0.512 e. The minimum absolute atomic E-state index is 0.174. The van der Waals surface area contributed by atoms with Gasteiger partial charge in [0.25, 0.3) is 5.91 Å². The van der Waals surface area contributed by atoms with Gasteiger partial charge in [-0.3, -0.25) is 9.59 Å². The molecule has 2 saturated heterocycles. The predicted molar refractivity (Wildman–Crippen MR) is 123 cm³/mol. The summed E-state index contributed by atoms with van der Waals surface area (Å²) in [6.07, 6.45) is 2.68. The van der Waals surface area contributed by atoms with Crippen LogP contribution in [0.5, 0.6) is 0 Å². The van der Waals surface area contributed by atoms with Gasteiger partial charge in [0.1, 0.15) is 0 Å². The Morgan fingerprint density at radius 1 is 1.16 bits per heavy atom. The quantitative estimate of drug-likeness (QED) is 0.599. The van der Waals surface area contributed by atoms with Crippen LogP contribution in [0.25, 0.3) is 0 Å². The molecule has 0 aliphatic carbocycles. The fourth-order valence-corrected chi connectivity index (χ4v) is 5.31.